The summed E-state index contributed by atoms with van der Waals surface area (Å²) < 4.78 is 5.37. The molecule has 3 fully saturated rings. The van der Waals surface area contributed by atoms with E-state index >= 15 is 0 Å². The molecule has 3 aliphatic heterocycles. The van der Waals surface area contributed by atoms with Crippen molar-refractivity contribution in [2.24, 2.45) is 5.92 Å². The third kappa shape index (κ3) is 10.6. The zero-order valence-corrected chi connectivity index (χ0v) is 29.4. The number of hydrogen-bond acceptors (Lipinski definition) is 9. The maximum absolute atomic E-state index is 13.8. The molecule has 5 rings (SSSR count). The lowest BCUT2D eigenvalue weighted by atomic mass is 9.93. The molecule has 0 unspecified atom stereocenters. The molecule has 0 saturated carbocycles. The number of ether oxygens (including phenoxy) is 1. The number of carboxylic acid groups (broad SMARTS) is 1. The highest BCUT2D eigenvalue weighted by Crippen LogP contribution is 2.28. The van der Waals surface area contributed by atoms with Gasteiger partial charge in [-0.2, -0.15) is 0 Å². The second-order valence-electron chi connectivity index (χ2n) is 13.7. The predicted molar refractivity (Wildman–Crippen MR) is 190 cm³/mol. The lowest BCUT2D eigenvalue weighted by Crippen LogP contribution is -2.56. The Morgan fingerprint density at radius 1 is 0.920 bits per heavy atom. The van der Waals surface area contributed by atoms with E-state index in [1.165, 1.54) is 32.4 Å². The highest BCUT2D eigenvalue weighted by Gasteiger charge is 2.32. The first-order valence-electron chi connectivity index (χ1n) is 18.5. The van der Waals surface area contributed by atoms with Crippen molar-refractivity contribution in [2.75, 3.05) is 70.4 Å². The Kier molecular flexibility index (Phi) is 13.8. The van der Waals surface area contributed by atoms with E-state index in [0.717, 1.165) is 57.3 Å². The molecule has 0 spiro atoms. The van der Waals surface area contributed by atoms with Crippen LogP contribution >= 0.6 is 0 Å². The number of piperidine rings is 1. The first-order chi connectivity index (χ1) is 24.3. The molecule has 272 valence electrons. The van der Waals surface area contributed by atoms with Crippen molar-refractivity contribution in [3.05, 3.63) is 42.2 Å². The molecule has 1 aromatic carbocycles. The summed E-state index contributed by atoms with van der Waals surface area (Å²) >= 11 is 0. The molecule has 1 atom stereocenters. The van der Waals surface area contributed by atoms with E-state index < -0.39 is 29.9 Å². The van der Waals surface area contributed by atoms with Crippen molar-refractivity contribution in [1.29, 1.82) is 0 Å². The molecule has 13 nitrogen and oxygen atoms in total. The van der Waals surface area contributed by atoms with Gasteiger partial charge in [-0.15, -0.1) is 0 Å². The largest absolute Gasteiger partial charge is 0.481 e. The van der Waals surface area contributed by atoms with Crippen molar-refractivity contribution in [2.45, 2.75) is 77.2 Å². The topological polar surface area (TPSA) is 149 Å². The predicted octanol–water partition coefficient (Wildman–Crippen LogP) is 4.28. The molecule has 2 aromatic rings. The lowest BCUT2D eigenvalue weighted by molar-refractivity contribution is -0.138. The van der Waals surface area contributed by atoms with Gasteiger partial charge in [-0.05, 0) is 70.5 Å². The minimum absolute atomic E-state index is 0.0683. The number of nitrogens with zero attached hydrogens (tertiary/aromatic N) is 6. The highest BCUT2D eigenvalue weighted by atomic mass is 16.6. The molecule has 1 aromatic heterocycles. The Balaban J connectivity index is 1.25. The molecule has 3 aliphatic rings. The number of carbonyl (C=O) groups excluding carboxylic acids is 3. The summed E-state index contributed by atoms with van der Waals surface area (Å²) in [6.45, 7) is 8.76. The van der Waals surface area contributed by atoms with E-state index in [0.29, 0.717) is 37.1 Å². The Morgan fingerprint density at radius 3 is 2.30 bits per heavy atom. The number of anilines is 1. The zero-order valence-electron chi connectivity index (χ0n) is 29.4. The second-order valence-corrected chi connectivity index (χ2v) is 13.7. The van der Waals surface area contributed by atoms with Crippen molar-refractivity contribution in [1.82, 2.24) is 30.0 Å². The summed E-state index contributed by atoms with van der Waals surface area (Å²) in [7, 11) is 0. The molecule has 4 heterocycles. The molecule has 13 heteroatoms. The molecule has 3 saturated heterocycles. The van der Waals surface area contributed by atoms with Crippen molar-refractivity contribution >= 4 is 29.7 Å². The molecular weight excluding hydrogens is 638 g/mol. The first-order valence-corrected chi connectivity index (χ1v) is 18.5. The fourth-order valence-corrected chi connectivity index (χ4v) is 6.96. The van der Waals surface area contributed by atoms with Gasteiger partial charge in [0.1, 0.15) is 11.9 Å². The summed E-state index contributed by atoms with van der Waals surface area (Å²) in [5, 5.41) is 12.2. The summed E-state index contributed by atoms with van der Waals surface area (Å²) in [5.74, 6) is -0.853. The zero-order chi connectivity index (χ0) is 35.3. The van der Waals surface area contributed by atoms with Crippen LogP contribution in [-0.2, 0) is 14.3 Å². The van der Waals surface area contributed by atoms with Crippen LogP contribution in [0.3, 0.4) is 0 Å². The average molecular weight is 692 g/mol. The van der Waals surface area contributed by atoms with Crippen LogP contribution in [0.2, 0.25) is 0 Å². The molecule has 2 N–H and O–H groups in total. The van der Waals surface area contributed by atoms with E-state index in [9.17, 15) is 24.3 Å². The van der Waals surface area contributed by atoms with Crippen molar-refractivity contribution in [3.63, 3.8) is 0 Å². The van der Waals surface area contributed by atoms with Gasteiger partial charge in [0.05, 0.1) is 12.3 Å². The Labute approximate surface area is 295 Å². The second kappa shape index (κ2) is 18.7. The van der Waals surface area contributed by atoms with Crippen molar-refractivity contribution < 1.29 is 29.0 Å². The maximum atomic E-state index is 13.8. The van der Waals surface area contributed by atoms with E-state index in [-0.39, 0.29) is 31.8 Å². The van der Waals surface area contributed by atoms with Crippen LogP contribution in [0.15, 0.2) is 36.4 Å². The monoisotopic (exact) mass is 691 g/mol. The quantitative estimate of drug-likeness (QED) is 0.259. The SMILES string of the molecule is CCCCCOC(=O)N1CCN(C(=O)[C@H](CCC(=O)O)NC(=O)c2nc(-c3ccccc3)cc(N3CCC(CCN4CCCC4)CC3)n2)CC1. The van der Waals surface area contributed by atoms with Crippen LogP contribution < -0.4 is 10.2 Å². The van der Waals surface area contributed by atoms with E-state index in [4.69, 9.17) is 9.72 Å². The van der Waals surface area contributed by atoms with Crippen LogP contribution in [0.4, 0.5) is 10.6 Å². The minimum Gasteiger partial charge on any atom is -0.481 e. The van der Waals surface area contributed by atoms with Gasteiger partial charge in [-0.1, -0.05) is 50.1 Å². The van der Waals surface area contributed by atoms with Gasteiger partial charge in [-0.3, -0.25) is 14.4 Å². The number of piperazine rings is 1. The van der Waals surface area contributed by atoms with Gasteiger partial charge in [0.15, 0.2) is 0 Å². The molecule has 0 radical (unpaired) electrons. The smallest absolute Gasteiger partial charge is 0.409 e. The summed E-state index contributed by atoms with van der Waals surface area (Å²) in [6.07, 6.45) is 7.93. The molecular formula is C37H53N7O6. The Hall–Kier alpha value is -4.26. The lowest BCUT2D eigenvalue weighted by Gasteiger charge is -2.36. The Morgan fingerprint density at radius 2 is 1.62 bits per heavy atom. The maximum Gasteiger partial charge on any atom is 0.409 e. The van der Waals surface area contributed by atoms with Gasteiger partial charge in [-0.25, -0.2) is 14.8 Å². The summed E-state index contributed by atoms with van der Waals surface area (Å²) in [4.78, 5) is 68.7. The van der Waals surface area contributed by atoms with E-state index in [1.807, 2.05) is 36.4 Å². The number of nitrogens with one attached hydrogen (secondary N) is 1. The van der Waals surface area contributed by atoms with E-state index in [2.05, 4.69) is 27.0 Å². The Bertz CT molecular complexity index is 1420. The van der Waals surface area contributed by atoms with Crippen LogP contribution in [0.25, 0.3) is 11.3 Å². The van der Waals surface area contributed by atoms with Gasteiger partial charge in [0.25, 0.3) is 5.91 Å². The van der Waals surface area contributed by atoms with Crippen molar-refractivity contribution in [3.8, 4) is 11.3 Å². The molecule has 50 heavy (non-hydrogen) atoms. The number of benzene rings is 1. The number of likely N-dealkylation sites (tertiary alicyclic amines) is 1. The number of hydrogen-bond donors (Lipinski definition) is 2. The van der Waals surface area contributed by atoms with Crippen LogP contribution in [0.5, 0.6) is 0 Å². The molecule has 3 amide bonds. The normalized spacial score (nSPS) is 17.8. The van der Waals surface area contributed by atoms with Crippen LogP contribution in [-0.4, -0.2) is 125 Å². The van der Waals surface area contributed by atoms with Gasteiger partial charge < -0.3 is 34.8 Å². The number of carbonyl (C=O) groups is 4. The highest BCUT2D eigenvalue weighted by molar-refractivity contribution is 5.95. The standard InChI is InChI=1S/C37H53N7O6/c1-2-3-9-26-50-37(49)44-24-22-43(23-25-44)36(48)30(12-13-33(45)46)39-35(47)34-38-31(29-10-5-4-6-11-29)27-32(40-34)42-20-15-28(16-21-42)14-19-41-17-7-8-18-41/h4-6,10-11,27-28,30H,2-3,7-9,12-26H2,1H3,(H,39,47)(H,45,46)/t30-/m0/s1. The van der Waals surface area contributed by atoms with Gasteiger partial charge in [0.2, 0.25) is 11.7 Å². The summed E-state index contributed by atoms with van der Waals surface area (Å²) in [5.41, 5.74) is 1.44. The van der Waals surface area contributed by atoms with Gasteiger partial charge in [0, 0.05) is 57.3 Å². The number of aromatic nitrogens is 2. The van der Waals surface area contributed by atoms with E-state index in [1.54, 1.807) is 9.80 Å². The minimum atomic E-state index is -1.09. The third-order valence-corrected chi connectivity index (χ3v) is 10.0. The fourth-order valence-electron chi connectivity index (χ4n) is 6.96. The number of unbranched alkanes of at least 4 members (excludes halogenated alkanes) is 2. The number of amides is 3. The number of carboxylic acids is 1. The van der Waals surface area contributed by atoms with Crippen LogP contribution in [0.1, 0.15) is 81.8 Å². The van der Waals surface area contributed by atoms with Gasteiger partial charge >= 0.3 is 12.1 Å². The third-order valence-electron chi connectivity index (χ3n) is 10.0. The molecule has 0 bridgehead atoms. The first kappa shape index (κ1) is 37.0. The fraction of sp³-hybridized carbons (Fsp3) is 0.622. The molecule has 0 aliphatic carbocycles. The average Bonchev–Trinajstić information content (AvgIpc) is 3.68. The number of aliphatic carboxylic acids is 1. The summed E-state index contributed by atoms with van der Waals surface area (Å²) in [6, 6.07) is 10.4. The van der Waals surface area contributed by atoms with Crippen LogP contribution in [0, 0.1) is 5.92 Å². The number of rotatable bonds is 15.